The normalized spacial score (nSPS) is 17.3. The lowest BCUT2D eigenvalue weighted by molar-refractivity contribution is -0.125. The predicted octanol–water partition coefficient (Wildman–Crippen LogP) is 1.70. The van der Waals surface area contributed by atoms with E-state index in [1.807, 2.05) is 44.2 Å². The third-order valence-electron chi connectivity index (χ3n) is 5.22. The Morgan fingerprint density at radius 1 is 1.31 bits per heavy atom. The zero-order valence-corrected chi connectivity index (χ0v) is 15.6. The molecule has 0 radical (unpaired) electrons. The summed E-state index contributed by atoms with van der Waals surface area (Å²) in [5.74, 6) is 0.409. The van der Waals surface area contributed by atoms with E-state index in [0.29, 0.717) is 12.5 Å². The molecule has 0 bridgehead atoms. The molecule has 2 aromatic rings. The third-order valence-corrected chi connectivity index (χ3v) is 5.22. The van der Waals surface area contributed by atoms with Crippen LogP contribution in [0.4, 0.5) is 5.69 Å². The summed E-state index contributed by atoms with van der Waals surface area (Å²) in [6.07, 6.45) is 2.71. The van der Waals surface area contributed by atoms with Crippen LogP contribution in [0.25, 0.3) is 0 Å². The summed E-state index contributed by atoms with van der Waals surface area (Å²) in [5, 5.41) is 7.19. The molecule has 0 aliphatic carbocycles. The van der Waals surface area contributed by atoms with E-state index in [-0.39, 0.29) is 11.5 Å². The smallest absolute Gasteiger partial charge is 0.268 e. The van der Waals surface area contributed by atoms with Crippen molar-refractivity contribution in [1.82, 2.24) is 15.1 Å². The summed E-state index contributed by atoms with van der Waals surface area (Å²) >= 11 is 0. The monoisotopic (exact) mass is 354 g/mol. The van der Waals surface area contributed by atoms with Crippen LogP contribution in [0.1, 0.15) is 25.8 Å². The molecule has 0 unspecified atom stereocenters. The number of nitrogens with one attached hydrogen (secondary N) is 1. The van der Waals surface area contributed by atoms with Gasteiger partial charge in [0.05, 0.1) is 17.3 Å². The molecule has 6 nitrogen and oxygen atoms in total. The first kappa shape index (κ1) is 18.2. The van der Waals surface area contributed by atoms with Crippen LogP contribution in [0.5, 0.6) is 0 Å². The fourth-order valence-electron chi connectivity index (χ4n) is 3.31. The molecular formula is C20H26N4O2. The highest BCUT2D eigenvalue weighted by molar-refractivity contribution is 5.87. The van der Waals surface area contributed by atoms with Crippen molar-refractivity contribution in [3.8, 4) is 0 Å². The first-order valence-electron chi connectivity index (χ1n) is 9.00. The minimum absolute atomic E-state index is 0.0393. The Balaban J connectivity index is 1.57. The van der Waals surface area contributed by atoms with Gasteiger partial charge in [-0.25, -0.2) is 4.68 Å². The van der Waals surface area contributed by atoms with Crippen molar-refractivity contribution in [3.05, 3.63) is 58.5 Å². The number of aryl methyl sites for hydroxylation is 1. The lowest BCUT2D eigenvalue weighted by Gasteiger charge is -2.25. The molecule has 2 heterocycles. The van der Waals surface area contributed by atoms with E-state index in [1.54, 1.807) is 19.3 Å². The van der Waals surface area contributed by atoms with Gasteiger partial charge >= 0.3 is 0 Å². The average molecular weight is 354 g/mol. The van der Waals surface area contributed by atoms with Gasteiger partial charge in [-0.1, -0.05) is 30.3 Å². The van der Waals surface area contributed by atoms with Crippen LogP contribution in [0.3, 0.4) is 0 Å². The number of benzene rings is 1. The van der Waals surface area contributed by atoms with Gasteiger partial charge in [-0.15, -0.1) is 0 Å². The lowest BCUT2D eigenvalue weighted by Crippen LogP contribution is -2.42. The van der Waals surface area contributed by atoms with Crippen molar-refractivity contribution in [2.75, 3.05) is 24.5 Å². The second kappa shape index (κ2) is 7.32. The quantitative estimate of drug-likeness (QED) is 0.887. The number of anilines is 1. The summed E-state index contributed by atoms with van der Waals surface area (Å²) in [6, 6.07) is 11.5. The molecule has 3 rings (SSSR count). The molecular weight excluding hydrogens is 328 g/mol. The van der Waals surface area contributed by atoms with Crippen LogP contribution in [-0.2, 0) is 17.3 Å². The molecule has 1 atom stereocenters. The fraction of sp³-hybridized carbons (Fsp3) is 0.450. The SMILES string of the molecule is Cn1ncc(N2CC[C@@H](CNC(=O)C(C)(C)c3ccccc3)C2)cc1=O. The molecule has 6 heteroatoms. The van der Waals surface area contributed by atoms with Gasteiger partial charge in [-0.05, 0) is 31.7 Å². The van der Waals surface area contributed by atoms with E-state index < -0.39 is 5.41 Å². The van der Waals surface area contributed by atoms with Gasteiger partial charge < -0.3 is 10.2 Å². The maximum absolute atomic E-state index is 12.7. The second-order valence-corrected chi connectivity index (χ2v) is 7.48. The van der Waals surface area contributed by atoms with Gasteiger partial charge in [0.1, 0.15) is 0 Å². The standard InChI is InChI=1S/C20H26N4O2/c1-20(2,16-7-5-4-6-8-16)19(26)21-12-15-9-10-24(14-15)17-11-18(25)23(3)22-13-17/h4-8,11,13,15H,9-10,12,14H2,1-3H3,(H,21,26)/t15-/m0/s1. The Morgan fingerprint density at radius 2 is 2.04 bits per heavy atom. The van der Waals surface area contributed by atoms with E-state index in [4.69, 9.17) is 0 Å². The van der Waals surface area contributed by atoms with Crippen LogP contribution >= 0.6 is 0 Å². The minimum Gasteiger partial charge on any atom is -0.370 e. The fourth-order valence-corrected chi connectivity index (χ4v) is 3.31. The number of carbonyl (C=O) groups excluding carboxylic acids is 1. The van der Waals surface area contributed by atoms with Gasteiger partial charge in [0.2, 0.25) is 5.91 Å². The van der Waals surface area contributed by atoms with E-state index >= 15 is 0 Å². The van der Waals surface area contributed by atoms with Crippen molar-refractivity contribution in [2.45, 2.75) is 25.7 Å². The molecule has 1 amide bonds. The van der Waals surface area contributed by atoms with Gasteiger partial charge in [0.15, 0.2) is 0 Å². The van der Waals surface area contributed by atoms with Crippen LogP contribution < -0.4 is 15.8 Å². The predicted molar refractivity (Wildman–Crippen MR) is 102 cm³/mol. The minimum atomic E-state index is -0.560. The number of nitrogens with zero attached hydrogens (tertiary/aromatic N) is 3. The average Bonchev–Trinajstić information content (AvgIpc) is 3.11. The maximum Gasteiger partial charge on any atom is 0.268 e. The number of rotatable bonds is 5. The molecule has 138 valence electrons. The first-order valence-corrected chi connectivity index (χ1v) is 9.00. The molecule has 1 N–H and O–H groups in total. The zero-order valence-electron chi connectivity index (χ0n) is 15.6. The molecule has 0 spiro atoms. The highest BCUT2D eigenvalue weighted by Crippen LogP contribution is 2.24. The largest absolute Gasteiger partial charge is 0.370 e. The maximum atomic E-state index is 12.7. The molecule has 1 saturated heterocycles. The topological polar surface area (TPSA) is 67.2 Å². The van der Waals surface area contributed by atoms with Crippen molar-refractivity contribution < 1.29 is 4.79 Å². The van der Waals surface area contributed by atoms with Crippen molar-refractivity contribution in [1.29, 1.82) is 0 Å². The summed E-state index contributed by atoms with van der Waals surface area (Å²) < 4.78 is 1.32. The van der Waals surface area contributed by atoms with E-state index in [9.17, 15) is 9.59 Å². The Bertz CT molecular complexity index is 829. The van der Waals surface area contributed by atoms with Crippen LogP contribution in [-0.4, -0.2) is 35.3 Å². The first-order chi connectivity index (χ1) is 12.4. The van der Waals surface area contributed by atoms with Gasteiger partial charge in [0.25, 0.3) is 5.56 Å². The summed E-state index contributed by atoms with van der Waals surface area (Å²) in [6.45, 7) is 6.23. The van der Waals surface area contributed by atoms with E-state index in [2.05, 4.69) is 15.3 Å². The zero-order chi connectivity index (χ0) is 18.7. The van der Waals surface area contributed by atoms with E-state index in [0.717, 1.165) is 30.8 Å². The van der Waals surface area contributed by atoms with Crippen LogP contribution in [0.2, 0.25) is 0 Å². The number of hydrogen-bond donors (Lipinski definition) is 1. The van der Waals surface area contributed by atoms with E-state index in [1.165, 1.54) is 4.68 Å². The molecule has 26 heavy (non-hydrogen) atoms. The van der Waals surface area contributed by atoms with Gasteiger partial charge in [0, 0.05) is 32.7 Å². The molecule has 0 saturated carbocycles. The number of amides is 1. The molecule has 1 aromatic carbocycles. The molecule has 1 fully saturated rings. The number of hydrogen-bond acceptors (Lipinski definition) is 4. The number of carbonyl (C=O) groups is 1. The molecule has 1 aliphatic heterocycles. The van der Waals surface area contributed by atoms with Crippen LogP contribution in [0.15, 0.2) is 47.4 Å². The molecule has 1 aliphatic rings. The Labute approximate surface area is 153 Å². The van der Waals surface area contributed by atoms with Crippen molar-refractivity contribution >= 4 is 11.6 Å². The summed E-state index contributed by atoms with van der Waals surface area (Å²) in [4.78, 5) is 26.6. The molecule has 1 aromatic heterocycles. The highest BCUT2D eigenvalue weighted by atomic mass is 16.2. The Hall–Kier alpha value is -2.63. The Morgan fingerprint density at radius 3 is 2.73 bits per heavy atom. The van der Waals surface area contributed by atoms with Gasteiger partial charge in [-0.3, -0.25) is 9.59 Å². The third kappa shape index (κ3) is 3.79. The van der Waals surface area contributed by atoms with Gasteiger partial charge in [-0.2, -0.15) is 5.10 Å². The Kier molecular flexibility index (Phi) is 5.11. The van der Waals surface area contributed by atoms with Crippen molar-refractivity contribution in [2.24, 2.45) is 13.0 Å². The number of aromatic nitrogens is 2. The van der Waals surface area contributed by atoms with Crippen molar-refractivity contribution in [3.63, 3.8) is 0 Å². The summed E-state index contributed by atoms with van der Waals surface area (Å²) in [5.41, 5.74) is 1.20. The van der Waals surface area contributed by atoms with Crippen LogP contribution in [0, 0.1) is 5.92 Å². The second-order valence-electron chi connectivity index (χ2n) is 7.48. The highest BCUT2D eigenvalue weighted by Gasteiger charge is 2.31. The summed E-state index contributed by atoms with van der Waals surface area (Å²) in [7, 11) is 1.64. The lowest BCUT2D eigenvalue weighted by atomic mass is 9.83.